The minimum absolute atomic E-state index is 0.503. The largest absolute Gasteiger partial charge is 0.492 e. The molecular formula is C22H35NO. The van der Waals surface area contributed by atoms with Crippen molar-refractivity contribution >= 4 is 0 Å². The van der Waals surface area contributed by atoms with E-state index in [1.165, 1.54) is 69.9 Å². The number of hydrogen-bond acceptors (Lipinski definition) is 2. The zero-order valence-corrected chi connectivity index (χ0v) is 15.7. The molecule has 2 nitrogen and oxygen atoms in total. The van der Waals surface area contributed by atoms with Crippen LogP contribution in [0.25, 0.3) is 0 Å². The normalized spacial score (nSPS) is 24.7. The lowest BCUT2D eigenvalue weighted by atomic mass is 9.85. The molecular weight excluding hydrogens is 294 g/mol. The highest BCUT2D eigenvalue weighted by Gasteiger charge is 2.23. The highest BCUT2D eigenvalue weighted by Crippen LogP contribution is 2.30. The van der Waals surface area contributed by atoms with Crippen molar-refractivity contribution in [1.82, 2.24) is 4.90 Å². The topological polar surface area (TPSA) is 12.5 Å². The standard InChI is InChI=1S/C22H35NO/c1-18-10-8-9-15-23(18)19(2)17-24-22-14-7-6-13-21(22)16-20-11-4-3-5-12-20/h6-7,13-14,18-20H,3-5,8-12,15-17H2,1-2H3/t18-,19-/m1/s1. The number of ether oxygens (including phenoxy) is 1. The van der Waals surface area contributed by atoms with Gasteiger partial charge in [-0.15, -0.1) is 0 Å². The zero-order valence-electron chi connectivity index (χ0n) is 15.7. The van der Waals surface area contributed by atoms with Crippen LogP contribution in [-0.4, -0.2) is 30.1 Å². The molecule has 2 heteroatoms. The first-order valence-electron chi connectivity index (χ1n) is 10.2. The molecule has 0 unspecified atom stereocenters. The summed E-state index contributed by atoms with van der Waals surface area (Å²) in [6, 6.07) is 9.94. The van der Waals surface area contributed by atoms with Gasteiger partial charge in [0.15, 0.2) is 0 Å². The molecule has 1 aliphatic heterocycles. The van der Waals surface area contributed by atoms with Crippen LogP contribution in [0.3, 0.4) is 0 Å². The third kappa shape index (κ3) is 4.75. The second-order valence-corrected chi connectivity index (χ2v) is 8.06. The highest BCUT2D eigenvalue weighted by atomic mass is 16.5. The summed E-state index contributed by atoms with van der Waals surface area (Å²) >= 11 is 0. The summed E-state index contributed by atoms with van der Waals surface area (Å²) in [7, 11) is 0. The van der Waals surface area contributed by atoms with Crippen molar-refractivity contribution in [3.05, 3.63) is 29.8 Å². The molecule has 1 heterocycles. The van der Waals surface area contributed by atoms with Gasteiger partial charge < -0.3 is 4.74 Å². The Bertz CT molecular complexity index is 494. The molecule has 0 radical (unpaired) electrons. The average molecular weight is 330 g/mol. The second-order valence-electron chi connectivity index (χ2n) is 8.06. The maximum Gasteiger partial charge on any atom is 0.122 e. The van der Waals surface area contributed by atoms with Gasteiger partial charge in [-0.2, -0.15) is 0 Å². The predicted octanol–water partition coefficient (Wildman–Crippen LogP) is 5.45. The van der Waals surface area contributed by atoms with E-state index >= 15 is 0 Å². The SMILES string of the molecule is C[C@@H]1CCCCN1[C@H](C)COc1ccccc1CC1CCCCC1. The summed E-state index contributed by atoms with van der Waals surface area (Å²) < 4.78 is 6.30. The summed E-state index contributed by atoms with van der Waals surface area (Å²) in [5.74, 6) is 1.99. The molecule has 1 aromatic rings. The highest BCUT2D eigenvalue weighted by molar-refractivity contribution is 5.33. The van der Waals surface area contributed by atoms with Gasteiger partial charge >= 0.3 is 0 Å². The fraction of sp³-hybridized carbons (Fsp3) is 0.727. The maximum absolute atomic E-state index is 6.30. The number of benzene rings is 1. The van der Waals surface area contributed by atoms with E-state index in [0.29, 0.717) is 12.1 Å². The lowest BCUT2D eigenvalue weighted by Crippen LogP contribution is -2.46. The van der Waals surface area contributed by atoms with Gasteiger partial charge in [0, 0.05) is 12.1 Å². The van der Waals surface area contributed by atoms with Crippen molar-refractivity contribution in [1.29, 1.82) is 0 Å². The molecule has 2 aliphatic rings. The molecule has 1 aliphatic carbocycles. The molecule has 0 N–H and O–H groups in total. The van der Waals surface area contributed by atoms with Crippen LogP contribution in [0.2, 0.25) is 0 Å². The van der Waals surface area contributed by atoms with Gasteiger partial charge in [0.2, 0.25) is 0 Å². The number of para-hydroxylation sites is 1. The van der Waals surface area contributed by atoms with Crippen molar-refractivity contribution in [2.75, 3.05) is 13.2 Å². The minimum Gasteiger partial charge on any atom is -0.492 e. The molecule has 2 atom stereocenters. The van der Waals surface area contributed by atoms with Gasteiger partial charge in [-0.1, -0.05) is 56.7 Å². The number of rotatable bonds is 6. The van der Waals surface area contributed by atoms with E-state index < -0.39 is 0 Å². The molecule has 0 bridgehead atoms. The van der Waals surface area contributed by atoms with Crippen molar-refractivity contribution < 1.29 is 4.74 Å². The average Bonchev–Trinajstić information content (AvgIpc) is 2.62. The van der Waals surface area contributed by atoms with Gasteiger partial charge in [0.05, 0.1) is 0 Å². The number of likely N-dealkylation sites (tertiary alicyclic amines) is 1. The van der Waals surface area contributed by atoms with Crippen LogP contribution in [0.1, 0.15) is 70.8 Å². The van der Waals surface area contributed by atoms with E-state index in [2.05, 4.69) is 43.0 Å². The van der Waals surface area contributed by atoms with Crippen LogP contribution >= 0.6 is 0 Å². The predicted molar refractivity (Wildman–Crippen MR) is 102 cm³/mol. The smallest absolute Gasteiger partial charge is 0.122 e. The van der Waals surface area contributed by atoms with Crippen LogP contribution in [0, 0.1) is 5.92 Å². The van der Waals surface area contributed by atoms with Gasteiger partial charge in [-0.25, -0.2) is 0 Å². The van der Waals surface area contributed by atoms with Gasteiger partial charge in [0.1, 0.15) is 12.4 Å². The summed E-state index contributed by atoms with van der Waals surface area (Å²) in [6.45, 7) is 6.74. The first-order valence-corrected chi connectivity index (χ1v) is 10.2. The van der Waals surface area contributed by atoms with E-state index in [-0.39, 0.29) is 0 Å². The van der Waals surface area contributed by atoms with Gasteiger partial charge in [-0.05, 0) is 57.2 Å². The Morgan fingerprint density at radius 1 is 1.04 bits per heavy atom. The first kappa shape index (κ1) is 17.8. The summed E-state index contributed by atoms with van der Waals surface area (Å²) in [6.07, 6.45) is 12.3. The summed E-state index contributed by atoms with van der Waals surface area (Å²) in [5, 5.41) is 0. The lowest BCUT2D eigenvalue weighted by molar-refractivity contribution is 0.0812. The number of piperidine rings is 1. The summed E-state index contributed by atoms with van der Waals surface area (Å²) in [5.41, 5.74) is 1.42. The molecule has 1 saturated carbocycles. The Labute approximate surface area is 148 Å². The van der Waals surface area contributed by atoms with E-state index in [0.717, 1.165) is 18.3 Å². The number of nitrogens with zero attached hydrogens (tertiary/aromatic N) is 1. The fourth-order valence-electron chi connectivity index (χ4n) is 4.60. The molecule has 24 heavy (non-hydrogen) atoms. The maximum atomic E-state index is 6.30. The van der Waals surface area contributed by atoms with Crippen LogP contribution in [0.4, 0.5) is 0 Å². The van der Waals surface area contributed by atoms with Crippen molar-refractivity contribution in [2.45, 2.75) is 83.7 Å². The van der Waals surface area contributed by atoms with E-state index in [4.69, 9.17) is 4.74 Å². The number of hydrogen-bond donors (Lipinski definition) is 0. The van der Waals surface area contributed by atoms with Crippen LogP contribution in [0.15, 0.2) is 24.3 Å². The first-order chi connectivity index (χ1) is 11.7. The molecule has 3 rings (SSSR count). The molecule has 2 fully saturated rings. The fourth-order valence-corrected chi connectivity index (χ4v) is 4.60. The quantitative estimate of drug-likeness (QED) is 0.688. The molecule has 0 spiro atoms. The minimum atomic E-state index is 0.503. The third-order valence-corrected chi connectivity index (χ3v) is 6.11. The van der Waals surface area contributed by atoms with Crippen LogP contribution in [0.5, 0.6) is 5.75 Å². The Balaban J connectivity index is 1.56. The Hall–Kier alpha value is -1.02. The van der Waals surface area contributed by atoms with E-state index in [1.807, 2.05) is 0 Å². The lowest BCUT2D eigenvalue weighted by Gasteiger charge is -2.38. The monoisotopic (exact) mass is 329 g/mol. The van der Waals surface area contributed by atoms with Gasteiger partial charge in [-0.3, -0.25) is 4.90 Å². The molecule has 1 saturated heterocycles. The van der Waals surface area contributed by atoms with E-state index in [1.54, 1.807) is 0 Å². The van der Waals surface area contributed by atoms with E-state index in [9.17, 15) is 0 Å². The zero-order chi connectivity index (χ0) is 16.8. The Kier molecular flexibility index (Phi) is 6.59. The molecule has 1 aromatic carbocycles. The third-order valence-electron chi connectivity index (χ3n) is 6.11. The van der Waals surface area contributed by atoms with Gasteiger partial charge in [0.25, 0.3) is 0 Å². The van der Waals surface area contributed by atoms with Crippen molar-refractivity contribution in [2.24, 2.45) is 5.92 Å². The van der Waals surface area contributed by atoms with Crippen molar-refractivity contribution in [3.63, 3.8) is 0 Å². The Morgan fingerprint density at radius 3 is 2.58 bits per heavy atom. The van der Waals surface area contributed by atoms with Crippen LogP contribution < -0.4 is 4.74 Å². The molecule has 134 valence electrons. The second kappa shape index (κ2) is 8.89. The molecule has 0 amide bonds. The Morgan fingerprint density at radius 2 is 1.79 bits per heavy atom. The summed E-state index contributed by atoms with van der Waals surface area (Å²) in [4.78, 5) is 2.63. The molecule has 0 aromatic heterocycles. The van der Waals surface area contributed by atoms with Crippen LogP contribution in [-0.2, 0) is 6.42 Å². The van der Waals surface area contributed by atoms with Crippen molar-refractivity contribution in [3.8, 4) is 5.75 Å².